The maximum Gasteiger partial charge on any atom is 0.422 e. The lowest BCUT2D eigenvalue weighted by atomic mass is 10.1. The summed E-state index contributed by atoms with van der Waals surface area (Å²) in [5, 5.41) is 0.278. The first-order chi connectivity index (χ1) is 11.7. The van der Waals surface area contributed by atoms with Gasteiger partial charge in [0.2, 0.25) is 0 Å². The Hall–Kier alpha value is -2.02. The monoisotopic (exact) mass is 374 g/mol. The number of hydrogen-bond donors (Lipinski definition) is 0. The van der Waals surface area contributed by atoms with Gasteiger partial charge in [0.1, 0.15) is 23.0 Å². The highest BCUT2D eigenvalue weighted by molar-refractivity contribution is 7.22. The molecule has 0 amide bonds. The number of fused-ring (bicyclic) bond motifs is 1. The van der Waals surface area contributed by atoms with E-state index in [2.05, 4.69) is 0 Å². The van der Waals surface area contributed by atoms with Gasteiger partial charge in [-0.3, -0.25) is 0 Å². The minimum Gasteiger partial charge on any atom is -0.206 e. The van der Waals surface area contributed by atoms with Crippen LogP contribution in [0, 0.1) is 17.5 Å². The van der Waals surface area contributed by atoms with E-state index in [4.69, 9.17) is 0 Å². The van der Waals surface area contributed by atoms with E-state index >= 15 is 0 Å². The van der Waals surface area contributed by atoms with Gasteiger partial charge >= 0.3 is 6.18 Å². The molecule has 0 nitrogen and oxygen atoms in total. The molecule has 3 rings (SSSR count). The zero-order valence-corrected chi connectivity index (χ0v) is 13.8. The van der Waals surface area contributed by atoms with Crippen LogP contribution >= 0.6 is 11.3 Å². The minimum absolute atomic E-state index is 0.0878. The molecule has 0 aliphatic heterocycles. The Morgan fingerprint density at radius 1 is 0.960 bits per heavy atom. The van der Waals surface area contributed by atoms with Crippen LogP contribution in [-0.4, -0.2) is 0 Å². The lowest BCUT2D eigenvalue weighted by molar-refractivity contribution is -0.142. The SMILES string of the molecule is CCCc1ccc2c(F)c(-c3cc(F)c(C(F)(F)F)c(F)c3)sc2c1. The first-order valence-corrected chi connectivity index (χ1v) is 8.31. The van der Waals surface area contributed by atoms with Gasteiger partial charge in [-0.2, -0.15) is 13.2 Å². The minimum atomic E-state index is -5.15. The van der Waals surface area contributed by atoms with Crippen molar-refractivity contribution in [3.63, 3.8) is 0 Å². The summed E-state index contributed by atoms with van der Waals surface area (Å²) >= 11 is 0.958. The van der Waals surface area contributed by atoms with Crippen molar-refractivity contribution >= 4 is 21.4 Å². The van der Waals surface area contributed by atoms with Crippen LogP contribution in [0.5, 0.6) is 0 Å². The summed E-state index contributed by atoms with van der Waals surface area (Å²) in [7, 11) is 0. The topological polar surface area (TPSA) is 0 Å². The van der Waals surface area contributed by atoms with Gasteiger partial charge in [-0.15, -0.1) is 11.3 Å². The molecule has 0 saturated carbocycles. The molecular weight excluding hydrogens is 362 g/mol. The smallest absolute Gasteiger partial charge is 0.206 e. The highest BCUT2D eigenvalue weighted by atomic mass is 32.1. The fourth-order valence-electron chi connectivity index (χ4n) is 2.71. The molecular formula is C18H12F6S. The van der Waals surface area contributed by atoms with E-state index < -0.39 is 29.2 Å². The third-order valence-corrected chi connectivity index (χ3v) is 5.00. The summed E-state index contributed by atoms with van der Waals surface area (Å²) in [4.78, 5) is -0.0878. The van der Waals surface area contributed by atoms with Crippen molar-refractivity contribution in [3.05, 3.63) is 58.9 Å². The zero-order chi connectivity index (χ0) is 18.4. The Kier molecular flexibility index (Phi) is 4.53. The number of halogens is 6. The highest BCUT2D eigenvalue weighted by Gasteiger charge is 2.38. The molecule has 0 saturated heterocycles. The van der Waals surface area contributed by atoms with Crippen molar-refractivity contribution in [3.8, 4) is 10.4 Å². The molecule has 7 heteroatoms. The molecule has 1 aromatic heterocycles. The van der Waals surface area contributed by atoms with Crippen molar-refractivity contribution < 1.29 is 26.3 Å². The van der Waals surface area contributed by atoms with Gasteiger partial charge in [-0.25, -0.2) is 13.2 Å². The predicted molar refractivity (Wildman–Crippen MR) is 86.1 cm³/mol. The van der Waals surface area contributed by atoms with E-state index in [1.807, 2.05) is 6.92 Å². The van der Waals surface area contributed by atoms with Gasteiger partial charge < -0.3 is 0 Å². The first-order valence-electron chi connectivity index (χ1n) is 7.50. The van der Waals surface area contributed by atoms with Crippen LogP contribution in [0.3, 0.4) is 0 Å². The quantitative estimate of drug-likeness (QED) is 0.435. The van der Waals surface area contributed by atoms with Crippen LogP contribution in [0.2, 0.25) is 0 Å². The van der Waals surface area contributed by atoms with Gasteiger partial charge in [0, 0.05) is 15.6 Å². The summed E-state index contributed by atoms with van der Waals surface area (Å²) in [5.41, 5.74) is -1.23. The van der Waals surface area contributed by atoms with Gasteiger partial charge in [-0.1, -0.05) is 25.5 Å². The number of aryl methyl sites for hydroxylation is 1. The van der Waals surface area contributed by atoms with Gasteiger partial charge in [0.15, 0.2) is 0 Å². The molecule has 0 atom stereocenters. The normalized spacial score (nSPS) is 12.1. The summed E-state index contributed by atoms with van der Waals surface area (Å²) < 4.78 is 80.7. The van der Waals surface area contributed by atoms with Crippen LogP contribution in [0.1, 0.15) is 24.5 Å². The Labute approximate surface area is 143 Å². The molecule has 3 aromatic rings. The van der Waals surface area contributed by atoms with E-state index in [-0.39, 0.29) is 15.8 Å². The second-order valence-corrected chi connectivity index (χ2v) is 6.69. The fourth-order valence-corrected chi connectivity index (χ4v) is 3.85. The molecule has 0 spiro atoms. The first kappa shape index (κ1) is 17.8. The maximum absolute atomic E-state index is 14.6. The lowest BCUT2D eigenvalue weighted by Gasteiger charge is -2.10. The van der Waals surface area contributed by atoms with Crippen molar-refractivity contribution in [1.29, 1.82) is 0 Å². The third kappa shape index (κ3) is 3.25. The molecule has 0 unspecified atom stereocenters. The second kappa shape index (κ2) is 6.37. The number of hydrogen-bond acceptors (Lipinski definition) is 1. The van der Waals surface area contributed by atoms with Crippen LogP contribution in [0.15, 0.2) is 30.3 Å². The standard InChI is InChI=1S/C18H12F6S/c1-2-3-9-4-5-11-14(6-9)25-17(16(11)21)10-7-12(19)15(13(20)8-10)18(22,23)24/h4-8H,2-3H2,1H3. The van der Waals surface area contributed by atoms with E-state index in [1.165, 1.54) is 0 Å². The summed E-state index contributed by atoms with van der Waals surface area (Å²) in [6, 6.07) is 6.16. The Bertz CT molecular complexity index is 916. The van der Waals surface area contributed by atoms with Crippen molar-refractivity contribution in [2.24, 2.45) is 0 Å². The average molecular weight is 374 g/mol. The van der Waals surface area contributed by atoms with E-state index in [0.29, 0.717) is 16.8 Å². The third-order valence-electron chi connectivity index (χ3n) is 3.82. The Morgan fingerprint density at radius 3 is 2.16 bits per heavy atom. The van der Waals surface area contributed by atoms with E-state index in [1.54, 1.807) is 18.2 Å². The molecule has 0 N–H and O–H groups in total. The van der Waals surface area contributed by atoms with Crippen LogP contribution in [0.4, 0.5) is 26.3 Å². The zero-order valence-electron chi connectivity index (χ0n) is 13.0. The second-order valence-electron chi connectivity index (χ2n) is 5.64. The van der Waals surface area contributed by atoms with Gasteiger partial charge in [0.25, 0.3) is 0 Å². The lowest BCUT2D eigenvalue weighted by Crippen LogP contribution is -2.11. The van der Waals surface area contributed by atoms with Gasteiger partial charge in [-0.05, 0) is 30.2 Å². The van der Waals surface area contributed by atoms with E-state index in [0.717, 1.165) is 29.7 Å². The molecule has 25 heavy (non-hydrogen) atoms. The average Bonchev–Trinajstić information content (AvgIpc) is 2.82. The molecule has 0 aliphatic carbocycles. The molecule has 0 aliphatic rings. The van der Waals surface area contributed by atoms with Crippen LogP contribution in [-0.2, 0) is 12.6 Å². The van der Waals surface area contributed by atoms with Crippen LogP contribution < -0.4 is 0 Å². The number of alkyl halides is 3. The Balaban J connectivity index is 2.15. The van der Waals surface area contributed by atoms with Crippen molar-refractivity contribution in [2.75, 3.05) is 0 Å². The van der Waals surface area contributed by atoms with Gasteiger partial charge in [0.05, 0.1) is 4.88 Å². The molecule has 0 fully saturated rings. The number of rotatable bonds is 3. The summed E-state index contributed by atoms with van der Waals surface area (Å²) in [6.45, 7) is 2.00. The predicted octanol–water partition coefficient (Wildman–Crippen LogP) is 6.96. The number of thiophene rings is 1. The fraction of sp³-hybridized carbons (Fsp3) is 0.222. The molecule has 1 heterocycles. The molecule has 132 valence electrons. The summed E-state index contributed by atoms with van der Waals surface area (Å²) in [6.07, 6.45) is -3.45. The largest absolute Gasteiger partial charge is 0.422 e. The summed E-state index contributed by atoms with van der Waals surface area (Å²) in [5.74, 6) is -4.21. The van der Waals surface area contributed by atoms with Crippen molar-refractivity contribution in [1.82, 2.24) is 0 Å². The maximum atomic E-state index is 14.6. The molecule has 2 aromatic carbocycles. The van der Waals surface area contributed by atoms with Crippen LogP contribution in [0.25, 0.3) is 20.5 Å². The molecule has 0 bridgehead atoms. The highest BCUT2D eigenvalue weighted by Crippen LogP contribution is 2.41. The van der Waals surface area contributed by atoms with Crippen molar-refractivity contribution in [2.45, 2.75) is 25.9 Å². The number of benzene rings is 2. The molecule has 0 radical (unpaired) electrons. The van der Waals surface area contributed by atoms with E-state index in [9.17, 15) is 26.3 Å². The Morgan fingerprint density at radius 2 is 1.60 bits per heavy atom.